The molecule has 1 saturated heterocycles. The van der Waals surface area contributed by atoms with Gasteiger partial charge in [-0.05, 0) is 55.0 Å². The summed E-state index contributed by atoms with van der Waals surface area (Å²) >= 11 is 0. The first kappa shape index (κ1) is 33.1. The van der Waals surface area contributed by atoms with Gasteiger partial charge in [-0.25, -0.2) is 0 Å². The van der Waals surface area contributed by atoms with Crippen LogP contribution in [0.4, 0.5) is 11.4 Å². The Morgan fingerprint density at radius 1 is 1.00 bits per heavy atom. The quantitative estimate of drug-likeness (QED) is 0.268. The van der Waals surface area contributed by atoms with Crippen LogP contribution in [0.15, 0.2) is 54.6 Å². The molecule has 9 nitrogen and oxygen atoms in total. The van der Waals surface area contributed by atoms with Gasteiger partial charge in [-0.1, -0.05) is 57.5 Å². The van der Waals surface area contributed by atoms with Gasteiger partial charge in [-0.2, -0.15) is 0 Å². The standard InChI is InChI=1S/C33H48N4O5/c1-6-22(2)19-27(41-4)21-30(38)37-18-10-13-29(37)31(42-5)23(3)32(39)36-28(20-24-11-8-7-9-12-24)33(40)35-26-16-14-25(34)15-17-26/h7-9,11-12,14-17,22-23,27-29,31H,6,10,13,18-21,34H2,1-5H3,(H,35,40)(H,36,39)/t22?,23?,27?,28-,29?,31?/m0/s1. The van der Waals surface area contributed by atoms with Gasteiger partial charge in [0.15, 0.2) is 0 Å². The fraction of sp³-hybridized carbons (Fsp3) is 0.545. The summed E-state index contributed by atoms with van der Waals surface area (Å²) in [6.45, 7) is 6.72. The minimum Gasteiger partial charge on any atom is -0.399 e. The van der Waals surface area contributed by atoms with E-state index < -0.39 is 18.1 Å². The van der Waals surface area contributed by atoms with Crippen LogP contribution in [0.25, 0.3) is 0 Å². The van der Waals surface area contributed by atoms with Gasteiger partial charge < -0.3 is 30.7 Å². The van der Waals surface area contributed by atoms with Gasteiger partial charge in [0.2, 0.25) is 17.7 Å². The van der Waals surface area contributed by atoms with Crippen molar-refractivity contribution in [1.82, 2.24) is 10.2 Å². The van der Waals surface area contributed by atoms with E-state index in [-0.39, 0.29) is 29.9 Å². The van der Waals surface area contributed by atoms with Crippen LogP contribution in [-0.2, 0) is 30.3 Å². The maximum atomic E-state index is 13.6. The molecule has 1 fully saturated rings. The van der Waals surface area contributed by atoms with E-state index >= 15 is 0 Å². The zero-order valence-corrected chi connectivity index (χ0v) is 25.7. The third-order valence-corrected chi connectivity index (χ3v) is 8.37. The number of anilines is 2. The van der Waals surface area contributed by atoms with Crippen molar-refractivity contribution in [2.75, 3.05) is 31.8 Å². The summed E-state index contributed by atoms with van der Waals surface area (Å²) in [5.41, 5.74) is 7.89. The predicted molar refractivity (Wildman–Crippen MR) is 166 cm³/mol. The van der Waals surface area contributed by atoms with E-state index in [1.165, 1.54) is 0 Å². The predicted octanol–water partition coefficient (Wildman–Crippen LogP) is 4.42. The highest BCUT2D eigenvalue weighted by molar-refractivity contribution is 5.97. The van der Waals surface area contributed by atoms with Crippen LogP contribution < -0.4 is 16.4 Å². The van der Waals surface area contributed by atoms with Crippen molar-refractivity contribution in [3.8, 4) is 0 Å². The molecule has 9 heteroatoms. The lowest BCUT2D eigenvalue weighted by atomic mass is 9.93. The lowest BCUT2D eigenvalue weighted by Gasteiger charge is -2.35. The van der Waals surface area contributed by atoms with E-state index in [1.807, 2.05) is 35.2 Å². The number of carbonyl (C=O) groups is 3. The topological polar surface area (TPSA) is 123 Å². The average Bonchev–Trinajstić information content (AvgIpc) is 3.48. The molecule has 1 heterocycles. The van der Waals surface area contributed by atoms with Crippen LogP contribution in [0.2, 0.25) is 0 Å². The Morgan fingerprint density at radius 3 is 2.31 bits per heavy atom. The molecule has 0 spiro atoms. The minimum absolute atomic E-state index is 0.0205. The second-order valence-corrected chi connectivity index (χ2v) is 11.5. The van der Waals surface area contributed by atoms with Crippen LogP contribution >= 0.6 is 0 Å². The molecular formula is C33H48N4O5. The summed E-state index contributed by atoms with van der Waals surface area (Å²) in [6, 6.07) is 15.4. The molecule has 0 aliphatic carbocycles. The van der Waals surface area contributed by atoms with Gasteiger partial charge in [0.1, 0.15) is 6.04 Å². The molecule has 3 amide bonds. The number of rotatable bonds is 15. The third-order valence-electron chi connectivity index (χ3n) is 8.37. The molecule has 42 heavy (non-hydrogen) atoms. The molecule has 3 rings (SSSR count). The van der Waals surface area contributed by atoms with Crippen LogP contribution in [-0.4, -0.2) is 67.7 Å². The molecule has 1 aliphatic rings. The lowest BCUT2D eigenvalue weighted by Crippen LogP contribution is -2.53. The highest BCUT2D eigenvalue weighted by Crippen LogP contribution is 2.28. The van der Waals surface area contributed by atoms with Crippen molar-refractivity contribution in [3.05, 3.63) is 60.2 Å². The van der Waals surface area contributed by atoms with E-state index in [9.17, 15) is 14.4 Å². The first-order valence-electron chi connectivity index (χ1n) is 15.0. The number of carbonyl (C=O) groups excluding carboxylic acids is 3. The highest BCUT2D eigenvalue weighted by Gasteiger charge is 2.40. The molecule has 6 atom stereocenters. The Kier molecular flexibility index (Phi) is 12.8. The summed E-state index contributed by atoms with van der Waals surface area (Å²) < 4.78 is 11.5. The van der Waals surface area contributed by atoms with Gasteiger partial charge in [0.25, 0.3) is 0 Å². The summed E-state index contributed by atoms with van der Waals surface area (Å²) in [6.07, 6.45) is 3.40. The minimum atomic E-state index is -0.818. The molecular weight excluding hydrogens is 532 g/mol. The molecule has 0 radical (unpaired) electrons. The van der Waals surface area contributed by atoms with Crippen molar-refractivity contribution in [2.24, 2.45) is 11.8 Å². The third kappa shape index (κ3) is 9.29. The van der Waals surface area contributed by atoms with Crippen molar-refractivity contribution in [3.63, 3.8) is 0 Å². The Labute approximate surface area is 250 Å². The van der Waals surface area contributed by atoms with E-state index in [4.69, 9.17) is 15.2 Å². The maximum absolute atomic E-state index is 13.6. The fourth-order valence-corrected chi connectivity index (χ4v) is 5.64. The molecule has 5 unspecified atom stereocenters. The van der Waals surface area contributed by atoms with E-state index in [0.29, 0.717) is 36.7 Å². The van der Waals surface area contributed by atoms with Gasteiger partial charge in [-0.3, -0.25) is 14.4 Å². The monoisotopic (exact) mass is 580 g/mol. The summed E-state index contributed by atoms with van der Waals surface area (Å²) in [5, 5.41) is 5.86. The van der Waals surface area contributed by atoms with E-state index in [2.05, 4.69) is 24.5 Å². The fourth-order valence-electron chi connectivity index (χ4n) is 5.64. The Bertz CT molecular complexity index is 1140. The number of benzene rings is 2. The summed E-state index contributed by atoms with van der Waals surface area (Å²) in [4.78, 5) is 42.3. The highest BCUT2D eigenvalue weighted by atomic mass is 16.5. The molecule has 0 bridgehead atoms. The molecule has 0 saturated carbocycles. The van der Waals surface area contributed by atoms with Crippen LogP contribution in [0.5, 0.6) is 0 Å². The molecule has 2 aromatic rings. The first-order chi connectivity index (χ1) is 20.2. The molecule has 4 N–H and O–H groups in total. The van der Waals surface area contributed by atoms with Crippen molar-refractivity contribution in [1.29, 1.82) is 0 Å². The van der Waals surface area contributed by atoms with Gasteiger partial charge in [0.05, 0.1) is 30.6 Å². The van der Waals surface area contributed by atoms with Gasteiger partial charge in [0, 0.05) is 38.6 Å². The maximum Gasteiger partial charge on any atom is 0.247 e. The largest absolute Gasteiger partial charge is 0.399 e. The average molecular weight is 581 g/mol. The van der Waals surface area contributed by atoms with Crippen molar-refractivity contribution >= 4 is 29.1 Å². The summed E-state index contributed by atoms with van der Waals surface area (Å²) in [7, 11) is 3.23. The molecule has 1 aliphatic heterocycles. The van der Waals surface area contributed by atoms with Crippen LogP contribution in [0.3, 0.4) is 0 Å². The normalized spacial score (nSPS) is 18.5. The van der Waals surface area contributed by atoms with E-state index in [1.54, 1.807) is 45.4 Å². The number of nitrogens with two attached hydrogens (primary N) is 1. The smallest absolute Gasteiger partial charge is 0.247 e. The molecule has 0 aromatic heterocycles. The first-order valence-corrected chi connectivity index (χ1v) is 15.0. The second-order valence-electron chi connectivity index (χ2n) is 11.5. The number of nitrogens with one attached hydrogen (secondary N) is 2. The Morgan fingerprint density at radius 2 is 1.69 bits per heavy atom. The number of hydrogen-bond acceptors (Lipinski definition) is 6. The lowest BCUT2D eigenvalue weighted by molar-refractivity contribution is -0.142. The number of likely N-dealkylation sites (tertiary alicyclic amines) is 1. The number of nitrogen functional groups attached to an aromatic ring is 1. The van der Waals surface area contributed by atoms with Crippen LogP contribution in [0.1, 0.15) is 58.4 Å². The molecule has 230 valence electrons. The van der Waals surface area contributed by atoms with Gasteiger partial charge in [-0.15, -0.1) is 0 Å². The number of nitrogens with zero attached hydrogens (tertiary/aromatic N) is 1. The Hall–Kier alpha value is -3.43. The van der Waals surface area contributed by atoms with Crippen LogP contribution in [0, 0.1) is 11.8 Å². The zero-order chi connectivity index (χ0) is 30.6. The second kappa shape index (κ2) is 16.3. The number of amides is 3. The summed E-state index contributed by atoms with van der Waals surface area (Å²) in [5.74, 6) is -0.751. The number of methoxy groups -OCH3 is 2. The zero-order valence-electron chi connectivity index (χ0n) is 25.7. The van der Waals surface area contributed by atoms with Crippen molar-refractivity contribution in [2.45, 2.75) is 83.6 Å². The number of hydrogen-bond donors (Lipinski definition) is 3. The van der Waals surface area contributed by atoms with Gasteiger partial charge >= 0.3 is 0 Å². The van der Waals surface area contributed by atoms with Crippen molar-refractivity contribution < 1.29 is 23.9 Å². The Balaban J connectivity index is 1.72. The number of ether oxygens (including phenoxy) is 2. The molecule has 2 aromatic carbocycles. The van der Waals surface area contributed by atoms with E-state index in [0.717, 1.165) is 31.2 Å². The SMILES string of the molecule is CCC(C)CC(CC(=O)N1CCCC1C(OC)C(C)C(=O)N[C@@H](Cc1ccccc1)C(=O)Nc1ccc(N)cc1)OC.